The summed E-state index contributed by atoms with van der Waals surface area (Å²) in [6.07, 6.45) is 1.74. The van der Waals surface area contributed by atoms with Crippen molar-refractivity contribution in [2.75, 3.05) is 26.1 Å². The Morgan fingerprint density at radius 1 is 1.29 bits per heavy atom. The maximum absolute atomic E-state index is 12.2. The Hall–Kier alpha value is -2.56. The first-order valence-corrected chi connectivity index (χ1v) is 6.65. The zero-order valence-corrected chi connectivity index (χ0v) is 12.5. The smallest absolute Gasteiger partial charge is 0.251 e. The molecular formula is C16H19N3O2. The summed E-state index contributed by atoms with van der Waals surface area (Å²) < 4.78 is 5.12. The molecule has 0 atom stereocenters. The maximum atomic E-state index is 12.2. The second-order valence-electron chi connectivity index (χ2n) is 4.80. The Morgan fingerprint density at radius 3 is 2.81 bits per heavy atom. The molecule has 5 heteroatoms. The van der Waals surface area contributed by atoms with Crippen LogP contribution in [0.5, 0.6) is 5.75 Å². The van der Waals surface area contributed by atoms with E-state index in [1.165, 1.54) is 0 Å². The molecule has 1 heterocycles. The molecule has 21 heavy (non-hydrogen) atoms. The van der Waals surface area contributed by atoms with E-state index in [2.05, 4.69) is 10.3 Å². The molecule has 0 aliphatic rings. The minimum absolute atomic E-state index is 0.137. The van der Waals surface area contributed by atoms with Gasteiger partial charge in [-0.25, -0.2) is 4.98 Å². The van der Waals surface area contributed by atoms with Gasteiger partial charge in [0, 0.05) is 38.0 Å². The Morgan fingerprint density at radius 2 is 2.10 bits per heavy atom. The van der Waals surface area contributed by atoms with Gasteiger partial charge in [0.1, 0.15) is 11.6 Å². The van der Waals surface area contributed by atoms with Gasteiger partial charge in [-0.05, 0) is 24.3 Å². The molecule has 0 radical (unpaired) electrons. The molecule has 0 fully saturated rings. The second kappa shape index (κ2) is 6.74. The number of carbonyl (C=O) groups excluding carboxylic acids is 1. The van der Waals surface area contributed by atoms with E-state index in [0.29, 0.717) is 17.9 Å². The number of aromatic nitrogens is 1. The highest BCUT2D eigenvalue weighted by atomic mass is 16.5. The Bertz CT molecular complexity index is 626. The topological polar surface area (TPSA) is 54.5 Å². The van der Waals surface area contributed by atoms with Crippen LogP contribution in [0.1, 0.15) is 15.9 Å². The number of nitrogens with one attached hydrogen (secondary N) is 1. The van der Waals surface area contributed by atoms with Crippen LogP contribution in [-0.4, -0.2) is 32.1 Å². The van der Waals surface area contributed by atoms with E-state index in [-0.39, 0.29) is 5.91 Å². The predicted molar refractivity (Wildman–Crippen MR) is 82.7 cm³/mol. The summed E-state index contributed by atoms with van der Waals surface area (Å²) in [5, 5.41) is 2.90. The van der Waals surface area contributed by atoms with Crippen LogP contribution in [0.15, 0.2) is 42.6 Å². The molecule has 0 aliphatic carbocycles. The Kier molecular flexibility index (Phi) is 4.77. The number of benzene rings is 1. The zero-order valence-electron chi connectivity index (χ0n) is 12.5. The highest BCUT2D eigenvalue weighted by molar-refractivity contribution is 5.94. The van der Waals surface area contributed by atoms with E-state index < -0.39 is 0 Å². The van der Waals surface area contributed by atoms with E-state index in [4.69, 9.17) is 4.74 Å². The van der Waals surface area contributed by atoms with Crippen LogP contribution < -0.4 is 15.0 Å². The Balaban J connectivity index is 2.07. The number of anilines is 1. The number of carbonyl (C=O) groups is 1. The Labute approximate surface area is 124 Å². The molecule has 0 unspecified atom stereocenters. The normalized spacial score (nSPS) is 10.0. The number of rotatable bonds is 5. The molecule has 2 rings (SSSR count). The summed E-state index contributed by atoms with van der Waals surface area (Å²) >= 11 is 0. The van der Waals surface area contributed by atoms with Crippen molar-refractivity contribution in [1.82, 2.24) is 10.3 Å². The van der Waals surface area contributed by atoms with E-state index in [1.807, 2.05) is 37.2 Å². The molecule has 1 amide bonds. The third kappa shape index (κ3) is 3.72. The van der Waals surface area contributed by atoms with Crippen LogP contribution in [0.25, 0.3) is 0 Å². The molecule has 0 saturated heterocycles. The molecule has 0 bridgehead atoms. The fraction of sp³-hybridized carbons (Fsp3) is 0.250. The minimum Gasteiger partial charge on any atom is -0.497 e. The number of ether oxygens (including phenoxy) is 1. The van der Waals surface area contributed by atoms with Crippen LogP contribution in [-0.2, 0) is 6.54 Å². The van der Waals surface area contributed by atoms with E-state index in [9.17, 15) is 4.79 Å². The number of hydrogen-bond donors (Lipinski definition) is 1. The highest BCUT2D eigenvalue weighted by Crippen LogP contribution is 2.15. The summed E-state index contributed by atoms with van der Waals surface area (Å²) in [5.41, 5.74) is 1.54. The lowest BCUT2D eigenvalue weighted by molar-refractivity contribution is 0.0950. The van der Waals surface area contributed by atoms with Gasteiger partial charge in [0.05, 0.1) is 7.11 Å². The van der Waals surface area contributed by atoms with Crippen molar-refractivity contribution >= 4 is 11.7 Å². The first-order chi connectivity index (χ1) is 10.1. The van der Waals surface area contributed by atoms with Crippen molar-refractivity contribution in [2.45, 2.75) is 6.54 Å². The fourth-order valence-electron chi connectivity index (χ4n) is 2.01. The standard InChI is InChI=1S/C16H19N3O2/c1-19(2)15-13(7-5-9-17-15)11-18-16(20)12-6-4-8-14(10-12)21-3/h4-10H,11H2,1-3H3,(H,18,20). The highest BCUT2D eigenvalue weighted by Gasteiger charge is 2.09. The molecule has 0 spiro atoms. The predicted octanol–water partition coefficient (Wildman–Crippen LogP) is 2.09. The summed E-state index contributed by atoms with van der Waals surface area (Å²) in [7, 11) is 5.43. The third-order valence-electron chi connectivity index (χ3n) is 3.06. The molecule has 0 aliphatic heterocycles. The molecule has 0 saturated carbocycles. The quantitative estimate of drug-likeness (QED) is 0.914. The van der Waals surface area contributed by atoms with Crippen LogP contribution in [0.2, 0.25) is 0 Å². The lowest BCUT2D eigenvalue weighted by Gasteiger charge is -2.16. The first kappa shape index (κ1) is 14.8. The van der Waals surface area contributed by atoms with Gasteiger partial charge < -0.3 is 15.0 Å². The van der Waals surface area contributed by atoms with E-state index >= 15 is 0 Å². The lowest BCUT2D eigenvalue weighted by atomic mass is 10.2. The monoisotopic (exact) mass is 285 g/mol. The zero-order chi connectivity index (χ0) is 15.2. The summed E-state index contributed by atoms with van der Waals surface area (Å²) in [5.74, 6) is 1.38. The minimum atomic E-state index is -0.137. The van der Waals surface area contributed by atoms with Crippen LogP contribution >= 0.6 is 0 Å². The molecule has 1 aromatic heterocycles. The van der Waals surface area contributed by atoms with Gasteiger partial charge in [0.25, 0.3) is 5.91 Å². The lowest BCUT2D eigenvalue weighted by Crippen LogP contribution is -2.24. The van der Waals surface area contributed by atoms with Crippen molar-refractivity contribution < 1.29 is 9.53 Å². The van der Waals surface area contributed by atoms with Crippen molar-refractivity contribution in [3.8, 4) is 5.75 Å². The van der Waals surface area contributed by atoms with E-state index in [0.717, 1.165) is 11.4 Å². The number of amides is 1. The van der Waals surface area contributed by atoms with Gasteiger partial charge in [-0.1, -0.05) is 12.1 Å². The molecule has 1 N–H and O–H groups in total. The number of pyridine rings is 1. The van der Waals surface area contributed by atoms with Gasteiger partial charge in [-0.15, -0.1) is 0 Å². The van der Waals surface area contributed by atoms with Gasteiger partial charge in [-0.2, -0.15) is 0 Å². The first-order valence-electron chi connectivity index (χ1n) is 6.65. The largest absolute Gasteiger partial charge is 0.497 e. The van der Waals surface area contributed by atoms with Crippen LogP contribution in [0.4, 0.5) is 5.82 Å². The summed E-state index contributed by atoms with van der Waals surface area (Å²) in [6.45, 7) is 0.428. The number of methoxy groups -OCH3 is 1. The van der Waals surface area contributed by atoms with Crippen LogP contribution in [0.3, 0.4) is 0 Å². The van der Waals surface area contributed by atoms with Gasteiger partial charge in [0.2, 0.25) is 0 Å². The van der Waals surface area contributed by atoms with Crippen molar-refractivity contribution in [3.05, 3.63) is 53.7 Å². The summed E-state index contributed by atoms with van der Waals surface area (Å²) in [6, 6.07) is 10.9. The average molecular weight is 285 g/mol. The second-order valence-corrected chi connectivity index (χ2v) is 4.80. The molecular weight excluding hydrogens is 266 g/mol. The molecule has 2 aromatic rings. The van der Waals surface area contributed by atoms with Gasteiger partial charge in [0.15, 0.2) is 0 Å². The third-order valence-corrected chi connectivity index (χ3v) is 3.06. The number of hydrogen-bond acceptors (Lipinski definition) is 4. The van der Waals surface area contributed by atoms with Gasteiger partial charge >= 0.3 is 0 Å². The SMILES string of the molecule is COc1cccc(C(=O)NCc2cccnc2N(C)C)c1. The molecule has 5 nitrogen and oxygen atoms in total. The number of nitrogens with zero attached hydrogens (tertiary/aromatic N) is 2. The van der Waals surface area contributed by atoms with Crippen molar-refractivity contribution in [3.63, 3.8) is 0 Å². The average Bonchev–Trinajstić information content (AvgIpc) is 2.52. The molecule has 1 aromatic carbocycles. The molecule has 110 valence electrons. The van der Waals surface area contributed by atoms with Crippen molar-refractivity contribution in [1.29, 1.82) is 0 Å². The van der Waals surface area contributed by atoms with Crippen LogP contribution in [0, 0.1) is 0 Å². The summed E-state index contributed by atoms with van der Waals surface area (Å²) in [4.78, 5) is 18.4. The van der Waals surface area contributed by atoms with E-state index in [1.54, 1.807) is 31.5 Å². The van der Waals surface area contributed by atoms with Gasteiger partial charge in [-0.3, -0.25) is 4.79 Å². The fourth-order valence-corrected chi connectivity index (χ4v) is 2.01. The maximum Gasteiger partial charge on any atom is 0.251 e. The van der Waals surface area contributed by atoms with Crippen molar-refractivity contribution in [2.24, 2.45) is 0 Å².